The average molecular weight is 284 g/mol. The number of hydrogen-bond donors (Lipinski definition) is 1. The number of nitrogens with zero attached hydrogens (tertiary/aromatic N) is 3. The second-order valence-electron chi connectivity index (χ2n) is 5.28. The first-order valence-corrected chi connectivity index (χ1v) is 6.70. The van der Waals surface area contributed by atoms with Gasteiger partial charge in [-0.05, 0) is 30.7 Å². The third kappa shape index (κ3) is 2.11. The summed E-state index contributed by atoms with van der Waals surface area (Å²) in [5.74, 6) is 0.0809. The second-order valence-corrected chi connectivity index (χ2v) is 5.28. The lowest BCUT2D eigenvalue weighted by atomic mass is 10.2. The van der Waals surface area contributed by atoms with Crippen molar-refractivity contribution in [1.82, 2.24) is 9.55 Å². The lowest BCUT2D eigenvalue weighted by Crippen LogP contribution is -2.13. The molecule has 0 fully saturated rings. The maximum atomic E-state index is 13.7. The van der Waals surface area contributed by atoms with Crippen LogP contribution in [0.15, 0.2) is 36.4 Å². The van der Waals surface area contributed by atoms with E-state index in [1.807, 2.05) is 47.8 Å². The van der Waals surface area contributed by atoms with Crippen LogP contribution in [0.5, 0.6) is 0 Å². The smallest absolute Gasteiger partial charge is 0.206 e. The number of benzene rings is 2. The number of rotatable bonds is 2. The maximum absolute atomic E-state index is 13.7. The zero-order valence-corrected chi connectivity index (χ0v) is 12.3. The Balaban J connectivity index is 2.35. The average Bonchev–Trinajstić information content (AvgIpc) is 2.74. The summed E-state index contributed by atoms with van der Waals surface area (Å²) in [7, 11) is 3.94. The largest absolute Gasteiger partial charge is 0.376 e. The van der Waals surface area contributed by atoms with E-state index in [9.17, 15) is 4.39 Å². The van der Waals surface area contributed by atoms with Crippen LogP contribution in [0.4, 0.5) is 16.0 Å². The predicted octanol–water partition coefficient (Wildman–Crippen LogP) is 3.12. The van der Waals surface area contributed by atoms with Crippen molar-refractivity contribution in [2.45, 2.75) is 6.92 Å². The number of anilines is 2. The van der Waals surface area contributed by atoms with E-state index in [1.54, 1.807) is 13.0 Å². The summed E-state index contributed by atoms with van der Waals surface area (Å²) in [6.45, 7) is 1.74. The summed E-state index contributed by atoms with van der Waals surface area (Å²) in [5, 5.41) is 0. The van der Waals surface area contributed by atoms with Crippen LogP contribution < -0.4 is 10.6 Å². The number of imidazole rings is 1. The summed E-state index contributed by atoms with van der Waals surface area (Å²) < 4.78 is 15.6. The summed E-state index contributed by atoms with van der Waals surface area (Å²) in [6, 6.07) is 11.1. The molecule has 2 N–H and O–H groups in total. The molecule has 0 atom stereocenters. The molecule has 0 bridgehead atoms. The van der Waals surface area contributed by atoms with Gasteiger partial charge in [0.2, 0.25) is 5.95 Å². The summed E-state index contributed by atoms with van der Waals surface area (Å²) >= 11 is 0. The van der Waals surface area contributed by atoms with Crippen molar-refractivity contribution < 1.29 is 4.39 Å². The molecule has 1 aromatic heterocycles. The normalized spacial score (nSPS) is 11.0. The van der Waals surface area contributed by atoms with Gasteiger partial charge in [0.25, 0.3) is 0 Å². The molecule has 3 aromatic rings. The Hall–Kier alpha value is -2.56. The summed E-state index contributed by atoms with van der Waals surface area (Å²) in [4.78, 5) is 6.28. The van der Waals surface area contributed by atoms with Crippen LogP contribution >= 0.6 is 0 Å². The van der Waals surface area contributed by atoms with E-state index in [0.29, 0.717) is 17.0 Å². The minimum absolute atomic E-state index is 0.270. The summed E-state index contributed by atoms with van der Waals surface area (Å²) in [5.41, 5.74) is 9.95. The van der Waals surface area contributed by atoms with E-state index in [-0.39, 0.29) is 5.82 Å². The molecule has 1 heterocycles. The van der Waals surface area contributed by atoms with Crippen molar-refractivity contribution in [1.29, 1.82) is 0 Å². The zero-order valence-electron chi connectivity index (χ0n) is 12.3. The first-order valence-electron chi connectivity index (χ1n) is 6.70. The molecule has 0 aliphatic rings. The SMILES string of the molecule is Cc1cc2c(cc1F)nc(N)n2-c1ccccc1N(C)C. The van der Waals surface area contributed by atoms with Crippen LogP contribution in [0.25, 0.3) is 16.7 Å². The summed E-state index contributed by atoms with van der Waals surface area (Å²) in [6.07, 6.45) is 0. The second kappa shape index (κ2) is 4.77. The third-order valence-electron chi connectivity index (χ3n) is 3.57. The van der Waals surface area contributed by atoms with Crippen LogP contribution in [0.2, 0.25) is 0 Å². The van der Waals surface area contributed by atoms with Gasteiger partial charge < -0.3 is 10.6 Å². The molecule has 0 unspecified atom stereocenters. The molecular weight excluding hydrogens is 267 g/mol. The highest BCUT2D eigenvalue weighted by atomic mass is 19.1. The van der Waals surface area contributed by atoms with Gasteiger partial charge in [-0.3, -0.25) is 4.57 Å². The first-order chi connectivity index (χ1) is 9.99. The Morgan fingerprint density at radius 2 is 1.90 bits per heavy atom. The van der Waals surface area contributed by atoms with E-state index >= 15 is 0 Å². The molecule has 0 spiro atoms. The van der Waals surface area contributed by atoms with E-state index in [0.717, 1.165) is 16.9 Å². The predicted molar refractivity (Wildman–Crippen MR) is 84.5 cm³/mol. The minimum atomic E-state index is -0.270. The maximum Gasteiger partial charge on any atom is 0.206 e. The molecule has 0 amide bonds. The van der Waals surface area contributed by atoms with Gasteiger partial charge in [0.05, 0.1) is 22.4 Å². The molecular formula is C16H17FN4. The lowest BCUT2D eigenvalue weighted by molar-refractivity contribution is 0.620. The molecule has 4 nitrogen and oxygen atoms in total. The van der Waals surface area contributed by atoms with Crippen molar-refractivity contribution in [3.05, 3.63) is 47.8 Å². The Kier molecular flexibility index (Phi) is 3.05. The lowest BCUT2D eigenvalue weighted by Gasteiger charge is -2.18. The number of halogens is 1. The number of nitrogens with two attached hydrogens (primary N) is 1. The molecule has 0 aliphatic heterocycles. The third-order valence-corrected chi connectivity index (χ3v) is 3.57. The van der Waals surface area contributed by atoms with Crippen LogP contribution in [-0.2, 0) is 0 Å². The molecule has 0 saturated carbocycles. The fourth-order valence-electron chi connectivity index (χ4n) is 2.51. The van der Waals surface area contributed by atoms with E-state index in [2.05, 4.69) is 4.98 Å². The van der Waals surface area contributed by atoms with Crippen LogP contribution in [-0.4, -0.2) is 23.6 Å². The first kappa shape index (κ1) is 13.4. The van der Waals surface area contributed by atoms with Crippen molar-refractivity contribution in [2.24, 2.45) is 0 Å². The van der Waals surface area contributed by atoms with E-state index in [4.69, 9.17) is 5.73 Å². The Labute approximate surface area is 122 Å². The van der Waals surface area contributed by atoms with Gasteiger partial charge in [0, 0.05) is 20.2 Å². The standard InChI is InChI=1S/C16H17FN4/c1-10-8-15-12(9-11(10)17)19-16(18)21(15)14-7-5-4-6-13(14)20(2)3/h4-9H,1-3H3,(H2,18,19). The number of nitrogen functional groups attached to an aromatic ring is 1. The minimum Gasteiger partial charge on any atom is -0.376 e. The molecule has 2 aromatic carbocycles. The monoisotopic (exact) mass is 284 g/mol. The molecule has 108 valence electrons. The number of aromatic nitrogens is 2. The van der Waals surface area contributed by atoms with Crippen LogP contribution in [0.1, 0.15) is 5.56 Å². The molecule has 21 heavy (non-hydrogen) atoms. The fourth-order valence-corrected chi connectivity index (χ4v) is 2.51. The van der Waals surface area contributed by atoms with Gasteiger partial charge in [-0.15, -0.1) is 0 Å². The molecule has 0 aliphatic carbocycles. The van der Waals surface area contributed by atoms with Gasteiger partial charge in [0.1, 0.15) is 5.82 Å². The van der Waals surface area contributed by atoms with Gasteiger partial charge in [-0.1, -0.05) is 12.1 Å². The number of fused-ring (bicyclic) bond motifs is 1. The zero-order chi connectivity index (χ0) is 15.1. The molecule has 0 radical (unpaired) electrons. The molecule has 5 heteroatoms. The van der Waals surface area contributed by atoms with E-state index < -0.39 is 0 Å². The Morgan fingerprint density at radius 3 is 2.62 bits per heavy atom. The molecule has 0 saturated heterocycles. The number of para-hydroxylation sites is 2. The quantitative estimate of drug-likeness (QED) is 0.786. The van der Waals surface area contributed by atoms with E-state index in [1.165, 1.54) is 6.07 Å². The van der Waals surface area contributed by atoms with Crippen molar-refractivity contribution >= 4 is 22.7 Å². The van der Waals surface area contributed by atoms with Gasteiger partial charge in [-0.25, -0.2) is 9.37 Å². The van der Waals surface area contributed by atoms with Gasteiger partial charge >= 0.3 is 0 Å². The van der Waals surface area contributed by atoms with Gasteiger partial charge in [-0.2, -0.15) is 0 Å². The number of hydrogen-bond acceptors (Lipinski definition) is 3. The fraction of sp³-hybridized carbons (Fsp3) is 0.188. The van der Waals surface area contributed by atoms with Crippen LogP contribution in [0.3, 0.4) is 0 Å². The van der Waals surface area contributed by atoms with Crippen molar-refractivity contribution in [2.75, 3.05) is 24.7 Å². The number of aryl methyl sites for hydroxylation is 1. The van der Waals surface area contributed by atoms with Crippen molar-refractivity contribution in [3.63, 3.8) is 0 Å². The highest BCUT2D eigenvalue weighted by Crippen LogP contribution is 2.30. The van der Waals surface area contributed by atoms with Crippen LogP contribution in [0, 0.1) is 12.7 Å². The highest BCUT2D eigenvalue weighted by Gasteiger charge is 2.15. The topological polar surface area (TPSA) is 47.1 Å². The van der Waals surface area contributed by atoms with Gasteiger partial charge in [0.15, 0.2) is 0 Å². The molecule has 3 rings (SSSR count). The Morgan fingerprint density at radius 1 is 1.19 bits per heavy atom. The highest BCUT2D eigenvalue weighted by molar-refractivity contribution is 5.83. The Bertz CT molecular complexity index is 821. The van der Waals surface area contributed by atoms with Crippen molar-refractivity contribution in [3.8, 4) is 5.69 Å².